The van der Waals surface area contributed by atoms with Crippen molar-refractivity contribution in [2.75, 3.05) is 13.1 Å². The fourth-order valence-electron chi connectivity index (χ4n) is 2.34. The summed E-state index contributed by atoms with van der Waals surface area (Å²) >= 11 is 0. The molecule has 140 valence electrons. The molecule has 1 N–H and O–H groups in total. The first-order valence-electron chi connectivity index (χ1n) is 7.95. The van der Waals surface area contributed by atoms with Crippen molar-refractivity contribution in [1.82, 2.24) is 9.03 Å². The Balaban J connectivity index is 3.07. The first-order valence-corrected chi connectivity index (χ1v) is 9.39. The molecule has 0 amide bonds. The molecule has 6 nitrogen and oxygen atoms in total. The fraction of sp³-hybridized carbons (Fsp3) is 0.562. The van der Waals surface area contributed by atoms with Crippen LogP contribution in [0, 0.1) is 17.2 Å². The van der Waals surface area contributed by atoms with Crippen LogP contribution >= 0.6 is 0 Å². The molecule has 2 atom stereocenters. The molecule has 0 fully saturated rings. The van der Waals surface area contributed by atoms with Crippen molar-refractivity contribution in [3.8, 4) is 11.8 Å². The first-order chi connectivity index (χ1) is 11.7. The van der Waals surface area contributed by atoms with E-state index in [1.165, 1.54) is 12.1 Å². The Kier molecular flexibility index (Phi) is 8.22. The molecule has 0 spiro atoms. The Morgan fingerprint density at radius 3 is 2.48 bits per heavy atom. The Morgan fingerprint density at radius 2 is 1.96 bits per heavy atom. The summed E-state index contributed by atoms with van der Waals surface area (Å²) in [5.74, 6) is -0.536. The van der Waals surface area contributed by atoms with Crippen LogP contribution in [-0.4, -0.2) is 32.4 Å². The lowest BCUT2D eigenvalue weighted by atomic mass is 10.0. The molecule has 25 heavy (non-hydrogen) atoms. The second kappa shape index (κ2) is 9.65. The van der Waals surface area contributed by atoms with Gasteiger partial charge in [0.05, 0.1) is 18.0 Å². The number of nitrogens with zero attached hydrogens (tertiary/aromatic N) is 2. The second-order valence-electron chi connectivity index (χ2n) is 5.48. The molecule has 0 bridgehead atoms. The van der Waals surface area contributed by atoms with Crippen molar-refractivity contribution in [3.63, 3.8) is 0 Å². The maximum absolute atomic E-state index is 12.6. The third-order valence-electron chi connectivity index (χ3n) is 3.60. The number of hydrogen-bond acceptors (Lipinski definition) is 4. The molecule has 0 aliphatic carbocycles. The molecule has 0 saturated carbocycles. The van der Waals surface area contributed by atoms with Crippen LogP contribution in [0.2, 0.25) is 0 Å². The lowest BCUT2D eigenvalue weighted by Gasteiger charge is -2.26. The van der Waals surface area contributed by atoms with Gasteiger partial charge in [0.15, 0.2) is 0 Å². The molecule has 0 aliphatic rings. The minimum atomic E-state index is -3.89. The zero-order chi connectivity index (χ0) is 19.0. The van der Waals surface area contributed by atoms with E-state index < -0.39 is 28.8 Å². The number of halogens is 2. The number of nitriles is 1. The number of ether oxygens (including phenoxy) is 1. The number of alkyl halides is 2. The summed E-state index contributed by atoms with van der Waals surface area (Å²) in [5.41, 5.74) is 0.332. The lowest BCUT2D eigenvalue weighted by Crippen LogP contribution is -2.44. The van der Waals surface area contributed by atoms with E-state index in [1.807, 2.05) is 6.07 Å². The predicted molar refractivity (Wildman–Crippen MR) is 90.2 cm³/mol. The molecule has 1 aromatic carbocycles. The SMILES string of the molecule is CC[C@@H](NS(=O)(=O)N(CC)C[C@@H](C)C#N)c1ccccc1OC(F)F. The van der Waals surface area contributed by atoms with E-state index in [1.54, 1.807) is 32.9 Å². The van der Waals surface area contributed by atoms with Crippen LogP contribution in [-0.2, 0) is 10.2 Å². The summed E-state index contributed by atoms with van der Waals surface area (Å²) in [6.07, 6.45) is 0.341. The molecule has 0 radical (unpaired) electrons. The molecule has 1 aromatic rings. The number of nitrogens with one attached hydrogen (secondary N) is 1. The molecule has 0 unspecified atom stereocenters. The molecule has 0 aliphatic heterocycles. The summed E-state index contributed by atoms with van der Waals surface area (Å²) < 4.78 is 58.5. The third kappa shape index (κ3) is 6.23. The van der Waals surface area contributed by atoms with Crippen molar-refractivity contribution in [3.05, 3.63) is 29.8 Å². The summed E-state index contributed by atoms with van der Waals surface area (Å²) in [5, 5.41) is 8.89. The molecule has 0 saturated heterocycles. The minimum Gasteiger partial charge on any atom is -0.434 e. The highest BCUT2D eigenvalue weighted by Crippen LogP contribution is 2.29. The summed E-state index contributed by atoms with van der Waals surface area (Å²) in [6.45, 7) is 2.26. The fourth-order valence-corrected chi connectivity index (χ4v) is 3.90. The molecular weight excluding hydrogens is 352 g/mol. The highest BCUT2D eigenvalue weighted by Gasteiger charge is 2.27. The highest BCUT2D eigenvalue weighted by molar-refractivity contribution is 7.87. The van der Waals surface area contributed by atoms with Gasteiger partial charge in [-0.25, -0.2) is 0 Å². The van der Waals surface area contributed by atoms with Crippen LogP contribution in [0.1, 0.15) is 38.8 Å². The maximum atomic E-state index is 12.6. The van der Waals surface area contributed by atoms with E-state index >= 15 is 0 Å². The van der Waals surface area contributed by atoms with Gasteiger partial charge in [0.1, 0.15) is 5.75 Å². The summed E-state index contributed by atoms with van der Waals surface area (Å²) in [7, 11) is -3.89. The van der Waals surface area contributed by atoms with Gasteiger partial charge in [-0.2, -0.15) is 31.5 Å². The van der Waals surface area contributed by atoms with Crippen molar-refractivity contribution in [2.24, 2.45) is 5.92 Å². The lowest BCUT2D eigenvalue weighted by molar-refractivity contribution is -0.0506. The molecule has 0 heterocycles. The topological polar surface area (TPSA) is 82.4 Å². The zero-order valence-corrected chi connectivity index (χ0v) is 15.3. The Bertz CT molecular complexity index is 692. The first kappa shape index (κ1) is 21.3. The van der Waals surface area contributed by atoms with E-state index in [4.69, 9.17) is 5.26 Å². The van der Waals surface area contributed by atoms with Crippen molar-refractivity contribution >= 4 is 10.2 Å². The van der Waals surface area contributed by atoms with Crippen LogP contribution in [0.5, 0.6) is 5.75 Å². The molecule has 0 aromatic heterocycles. The van der Waals surface area contributed by atoms with E-state index in [-0.39, 0.29) is 18.8 Å². The van der Waals surface area contributed by atoms with Crippen LogP contribution < -0.4 is 9.46 Å². The highest BCUT2D eigenvalue weighted by atomic mass is 32.2. The Morgan fingerprint density at radius 1 is 1.32 bits per heavy atom. The van der Waals surface area contributed by atoms with E-state index in [2.05, 4.69) is 9.46 Å². The van der Waals surface area contributed by atoms with Gasteiger partial charge in [0.25, 0.3) is 10.2 Å². The van der Waals surface area contributed by atoms with Gasteiger partial charge in [0, 0.05) is 18.7 Å². The number of para-hydroxylation sites is 1. The van der Waals surface area contributed by atoms with E-state index in [0.29, 0.717) is 12.0 Å². The summed E-state index contributed by atoms with van der Waals surface area (Å²) in [4.78, 5) is 0. The van der Waals surface area contributed by atoms with Gasteiger partial charge in [-0.3, -0.25) is 0 Å². The number of hydrogen-bond donors (Lipinski definition) is 1. The smallest absolute Gasteiger partial charge is 0.387 e. The van der Waals surface area contributed by atoms with Crippen LogP contribution in [0.3, 0.4) is 0 Å². The Labute approximate surface area is 147 Å². The van der Waals surface area contributed by atoms with Gasteiger partial charge in [-0.05, 0) is 19.4 Å². The van der Waals surface area contributed by atoms with Crippen molar-refractivity contribution in [2.45, 2.75) is 39.8 Å². The Hall–Kier alpha value is -1.76. The van der Waals surface area contributed by atoms with Crippen LogP contribution in [0.25, 0.3) is 0 Å². The van der Waals surface area contributed by atoms with Gasteiger partial charge in [0.2, 0.25) is 0 Å². The van der Waals surface area contributed by atoms with Gasteiger partial charge >= 0.3 is 6.61 Å². The quantitative estimate of drug-likeness (QED) is 0.681. The third-order valence-corrected chi connectivity index (χ3v) is 5.27. The standard InChI is InChI=1S/C16H23F2N3O3S/c1-4-14(13-8-6-7-9-15(13)24-16(17)18)20-25(22,23)21(5-2)11-12(3)10-19/h6-9,12,14,16,20H,4-5,11H2,1-3H3/t12-,14+/m0/s1. The van der Waals surface area contributed by atoms with Crippen LogP contribution in [0.4, 0.5) is 8.78 Å². The van der Waals surface area contributed by atoms with E-state index in [9.17, 15) is 17.2 Å². The van der Waals surface area contributed by atoms with E-state index in [0.717, 1.165) is 4.31 Å². The second-order valence-corrected chi connectivity index (χ2v) is 7.18. The zero-order valence-electron chi connectivity index (χ0n) is 14.4. The number of rotatable bonds is 10. The largest absolute Gasteiger partial charge is 0.434 e. The van der Waals surface area contributed by atoms with Gasteiger partial charge < -0.3 is 4.74 Å². The van der Waals surface area contributed by atoms with Crippen molar-refractivity contribution in [1.29, 1.82) is 5.26 Å². The number of benzene rings is 1. The predicted octanol–water partition coefficient (Wildman–Crippen LogP) is 3.06. The normalized spacial score (nSPS) is 14.3. The van der Waals surface area contributed by atoms with Gasteiger partial charge in [-0.15, -0.1) is 0 Å². The van der Waals surface area contributed by atoms with Crippen molar-refractivity contribution < 1.29 is 21.9 Å². The minimum absolute atomic E-state index is 0.0496. The van der Waals surface area contributed by atoms with Crippen LogP contribution in [0.15, 0.2) is 24.3 Å². The molecule has 1 rings (SSSR count). The maximum Gasteiger partial charge on any atom is 0.387 e. The molecular formula is C16H23F2N3O3S. The molecule has 9 heteroatoms. The average Bonchev–Trinajstić information content (AvgIpc) is 2.57. The average molecular weight is 375 g/mol. The monoisotopic (exact) mass is 375 g/mol. The van der Waals surface area contributed by atoms with Gasteiger partial charge in [-0.1, -0.05) is 32.0 Å². The summed E-state index contributed by atoms with van der Waals surface area (Å²) in [6, 6.07) is 7.34.